The first-order valence-corrected chi connectivity index (χ1v) is 14.2. The molecule has 0 aromatic heterocycles. The van der Waals surface area contributed by atoms with Gasteiger partial charge in [0.05, 0.1) is 6.04 Å². The number of benzene rings is 1. The number of hydrogen-bond acceptors (Lipinski definition) is 4. The van der Waals surface area contributed by atoms with E-state index in [0.717, 1.165) is 12.1 Å². The van der Waals surface area contributed by atoms with Crippen LogP contribution < -0.4 is 9.46 Å². The molecule has 1 aromatic rings. The second-order valence-corrected chi connectivity index (χ2v) is 16.7. The van der Waals surface area contributed by atoms with E-state index in [-0.39, 0.29) is 12.4 Å². The van der Waals surface area contributed by atoms with Crippen LogP contribution >= 0.6 is 0 Å². The molecule has 0 radical (unpaired) electrons. The molecule has 1 rings (SSSR count). The molecule has 0 saturated carbocycles. The van der Waals surface area contributed by atoms with Crippen LogP contribution in [-0.4, -0.2) is 30.8 Å². The minimum absolute atomic E-state index is 0.0660. The Morgan fingerprint density at radius 3 is 2.24 bits per heavy atom. The SMILES string of the molecule is C[C@@H](N[S@@+]([O-])C(C)(C)C)c1cc(F)cc(C(F)(F)F)c1OCOCC[Si](C)(C)C. The number of nitrogens with one attached hydrogen (secondary N) is 1. The minimum Gasteiger partial charge on any atom is -0.598 e. The van der Waals surface area contributed by atoms with Gasteiger partial charge in [0, 0.05) is 31.6 Å². The van der Waals surface area contributed by atoms with Crippen LogP contribution in [0.3, 0.4) is 0 Å². The van der Waals surface area contributed by atoms with Crippen LogP contribution in [0, 0.1) is 5.82 Å². The van der Waals surface area contributed by atoms with Crippen molar-refractivity contribution in [3.63, 3.8) is 0 Å². The van der Waals surface area contributed by atoms with E-state index in [9.17, 15) is 22.1 Å². The van der Waals surface area contributed by atoms with Crippen LogP contribution in [0.25, 0.3) is 0 Å². The molecule has 4 nitrogen and oxygen atoms in total. The van der Waals surface area contributed by atoms with Gasteiger partial charge in [-0.1, -0.05) is 19.6 Å². The number of hydrogen-bond donors (Lipinski definition) is 1. The summed E-state index contributed by atoms with van der Waals surface area (Å²) < 4.78 is 79.5. The fourth-order valence-corrected chi connectivity index (χ4v) is 3.81. The lowest BCUT2D eigenvalue weighted by Crippen LogP contribution is -2.40. The molecule has 0 fully saturated rings. The van der Waals surface area contributed by atoms with Gasteiger partial charge in [0.15, 0.2) is 6.79 Å². The molecule has 1 N–H and O–H groups in total. The van der Waals surface area contributed by atoms with Crippen molar-refractivity contribution < 1.29 is 31.6 Å². The number of ether oxygens (including phenoxy) is 2. The first-order chi connectivity index (χ1) is 13.0. The van der Waals surface area contributed by atoms with Crippen molar-refractivity contribution in [2.75, 3.05) is 13.4 Å². The summed E-state index contributed by atoms with van der Waals surface area (Å²) in [6, 6.07) is 1.35. The Morgan fingerprint density at radius 2 is 1.76 bits per heavy atom. The van der Waals surface area contributed by atoms with Crippen molar-refractivity contribution in [3.8, 4) is 5.75 Å². The van der Waals surface area contributed by atoms with Gasteiger partial charge in [-0.05, 0) is 45.9 Å². The van der Waals surface area contributed by atoms with E-state index in [2.05, 4.69) is 24.4 Å². The van der Waals surface area contributed by atoms with Crippen molar-refractivity contribution in [1.82, 2.24) is 4.72 Å². The molecule has 10 heteroatoms. The van der Waals surface area contributed by atoms with Gasteiger partial charge in [-0.3, -0.25) is 0 Å². The van der Waals surface area contributed by atoms with Crippen LogP contribution in [0.5, 0.6) is 5.75 Å². The Balaban J connectivity index is 3.12. The molecular formula is C19H31F4NO3SSi. The predicted molar refractivity (Wildman–Crippen MR) is 110 cm³/mol. The van der Waals surface area contributed by atoms with Crippen molar-refractivity contribution in [2.45, 2.75) is 70.3 Å². The summed E-state index contributed by atoms with van der Waals surface area (Å²) in [5.41, 5.74) is -1.29. The van der Waals surface area contributed by atoms with Gasteiger partial charge in [0.2, 0.25) is 0 Å². The van der Waals surface area contributed by atoms with Gasteiger partial charge in [0.25, 0.3) is 0 Å². The Bertz CT molecular complexity index is 675. The van der Waals surface area contributed by atoms with E-state index in [0.29, 0.717) is 12.7 Å². The molecular weight excluding hydrogens is 426 g/mol. The highest BCUT2D eigenvalue weighted by Crippen LogP contribution is 2.41. The molecule has 1 aromatic carbocycles. The Kier molecular flexibility index (Phi) is 9.04. The average molecular weight is 458 g/mol. The van der Waals surface area contributed by atoms with E-state index in [1.807, 2.05) is 0 Å². The lowest BCUT2D eigenvalue weighted by molar-refractivity contribution is -0.140. The van der Waals surface area contributed by atoms with Crippen molar-refractivity contribution in [1.29, 1.82) is 0 Å². The van der Waals surface area contributed by atoms with Gasteiger partial charge in [0.1, 0.15) is 21.9 Å². The summed E-state index contributed by atoms with van der Waals surface area (Å²) in [6.45, 7) is 13.1. The second-order valence-electron chi connectivity index (χ2n) is 9.07. The number of halogens is 4. The Morgan fingerprint density at radius 1 is 1.17 bits per heavy atom. The minimum atomic E-state index is -4.81. The molecule has 0 aliphatic carbocycles. The lowest BCUT2D eigenvalue weighted by Gasteiger charge is -2.28. The zero-order valence-corrected chi connectivity index (χ0v) is 19.8. The molecule has 0 aliphatic heterocycles. The van der Waals surface area contributed by atoms with Crippen LogP contribution in [-0.2, 0) is 22.3 Å². The van der Waals surface area contributed by atoms with E-state index in [1.165, 1.54) is 6.92 Å². The third kappa shape index (κ3) is 8.83. The predicted octanol–water partition coefficient (Wildman–Crippen LogP) is 5.65. The van der Waals surface area contributed by atoms with Crippen molar-refractivity contribution in [2.24, 2.45) is 0 Å². The Hall–Kier alpha value is -0.813. The highest BCUT2D eigenvalue weighted by molar-refractivity contribution is 7.90. The zero-order chi connectivity index (χ0) is 22.6. The maximum atomic E-state index is 14.0. The maximum Gasteiger partial charge on any atom is 0.420 e. The summed E-state index contributed by atoms with van der Waals surface area (Å²) in [4.78, 5) is 0. The molecule has 0 heterocycles. The summed E-state index contributed by atoms with van der Waals surface area (Å²) in [6.07, 6.45) is -4.81. The molecule has 0 saturated heterocycles. The number of rotatable bonds is 9. The Labute approximate surface area is 174 Å². The van der Waals surface area contributed by atoms with Gasteiger partial charge in [-0.15, -0.1) is 4.72 Å². The summed E-state index contributed by atoms with van der Waals surface area (Å²) in [5, 5.41) is 0. The number of alkyl halides is 3. The molecule has 0 aliphatic rings. The molecule has 0 unspecified atom stereocenters. The third-order valence-electron chi connectivity index (χ3n) is 3.98. The van der Waals surface area contributed by atoms with E-state index in [1.54, 1.807) is 20.8 Å². The first-order valence-electron chi connectivity index (χ1n) is 9.31. The zero-order valence-electron chi connectivity index (χ0n) is 18.0. The first kappa shape index (κ1) is 26.2. The van der Waals surface area contributed by atoms with Gasteiger partial charge in [-0.2, -0.15) is 13.2 Å². The van der Waals surface area contributed by atoms with E-state index in [4.69, 9.17) is 9.47 Å². The largest absolute Gasteiger partial charge is 0.598 e. The highest BCUT2D eigenvalue weighted by atomic mass is 32.2. The summed E-state index contributed by atoms with van der Waals surface area (Å²) in [7, 11) is -1.35. The van der Waals surface area contributed by atoms with Crippen LogP contribution in [0.15, 0.2) is 12.1 Å². The summed E-state index contributed by atoms with van der Waals surface area (Å²) in [5.74, 6) is -1.56. The lowest BCUT2D eigenvalue weighted by atomic mass is 10.0. The molecule has 168 valence electrons. The second kappa shape index (κ2) is 10.00. The van der Waals surface area contributed by atoms with E-state index < -0.39 is 53.5 Å². The van der Waals surface area contributed by atoms with Crippen LogP contribution in [0.1, 0.15) is 44.9 Å². The third-order valence-corrected chi connectivity index (χ3v) is 7.36. The molecule has 29 heavy (non-hydrogen) atoms. The van der Waals surface area contributed by atoms with Crippen molar-refractivity contribution >= 4 is 19.4 Å². The van der Waals surface area contributed by atoms with Gasteiger partial charge >= 0.3 is 6.18 Å². The molecule has 0 bridgehead atoms. The van der Waals surface area contributed by atoms with Gasteiger partial charge in [-0.25, -0.2) is 4.39 Å². The molecule has 0 spiro atoms. The standard InChI is InChI=1S/C19H31F4NO3SSi/c1-13(24-28(25)18(2,3)4)15-10-14(20)11-16(19(21,22)23)17(15)27-12-26-8-9-29(5,6)7/h10-11,13,24H,8-9,12H2,1-7H3/t13-,28+/m1/s1. The molecule has 0 amide bonds. The maximum absolute atomic E-state index is 14.0. The quantitative estimate of drug-likeness (QED) is 0.171. The highest BCUT2D eigenvalue weighted by Gasteiger charge is 2.38. The normalized spacial score (nSPS) is 15.3. The topological polar surface area (TPSA) is 53.5 Å². The molecule has 2 atom stereocenters. The fraction of sp³-hybridized carbons (Fsp3) is 0.684. The van der Waals surface area contributed by atoms with E-state index >= 15 is 0 Å². The average Bonchev–Trinajstić information content (AvgIpc) is 2.52. The monoisotopic (exact) mass is 457 g/mol. The van der Waals surface area contributed by atoms with Gasteiger partial charge < -0.3 is 14.0 Å². The smallest absolute Gasteiger partial charge is 0.420 e. The summed E-state index contributed by atoms with van der Waals surface area (Å²) >= 11 is -1.57. The fourth-order valence-electron chi connectivity index (χ4n) is 2.25. The van der Waals surface area contributed by atoms with Crippen LogP contribution in [0.4, 0.5) is 17.6 Å². The van der Waals surface area contributed by atoms with Crippen molar-refractivity contribution in [3.05, 3.63) is 29.1 Å². The van der Waals surface area contributed by atoms with Crippen LogP contribution in [0.2, 0.25) is 25.7 Å².